The highest BCUT2D eigenvalue weighted by atomic mass is 79.9. The molecule has 0 radical (unpaired) electrons. The Hall–Kier alpha value is -0.880. The van der Waals surface area contributed by atoms with E-state index < -0.39 is 5.97 Å². The molecule has 0 aromatic carbocycles. The first-order chi connectivity index (χ1) is 7.52. The van der Waals surface area contributed by atoms with Crippen LogP contribution in [0.25, 0.3) is 0 Å². The van der Waals surface area contributed by atoms with Gasteiger partial charge in [-0.15, -0.1) is 11.3 Å². The molecule has 0 aliphatic heterocycles. The van der Waals surface area contributed by atoms with Gasteiger partial charge in [-0.25, -0.2) is 0 Å². The van der Waals surface area contributed by atoms with Crippen LogP contribution in [0, 0.1) is 0 Å². The van der Waals surface area contributed by atoms with Crippen LogP contribution in [0.15, 0.2) is 15.9 Å². The topological polar surface area (TPSA) is 66.4 Å². The van der Waals surface area contributed by atoms with Crippen LogP contribution in [0.5, 0.6) is 0 Å². The minimum atomic E-state index is -0.903. The number of carbonyl (C=O) groups excluding carboxylic acids is 1. The van der Waals surface area contributed by atoms with Crippen molar-refractivity contribution in [3.05, 3.63) is 20.8 Å². The molecular formula is C10H12BrNO3S. The van der Waals surface area contributed by atoms with Gasteiger partial charge < -0.3 is 10.4 Å². The van der Waals surface area contributed by atoms with Crippen LogP contribution in [-0.2, 0) is 4.79 Å². The monoisotopic (exact) mass is 305 g/mol. The largest absolute Gasteiger partial charge is 0.481 e. The van der Waals surface area contributed by atoms with Gasteiger partial charge in [-0.2, -0.15) is 0 Å². The lowest BCUT2D eigenvalue weighted by molar-refractivity contribution is -0.137. The molecule has 6 heteroatoms. The van der Waals surface area contributed by atoms with Crippen molar-refractivity contribution in [2.24, 2.45) is 0 Å². The molecule has 1 amide bonds. The van der Waals surface area contributed by atoms with Gasteiger partial charge >= 0.3 is 5.97 Å². The lowest BCUT2D eigenvalue weighted by Gasteiger charge is -2.13. The highest BCUT2D eigenvalue weighted by molar-refractivity contribution is 9.11. The van der Waals surface area contributed by atoms with E-state index in [4.69, 9.17) is 5.11 Å². The third-order valence-electron chi connectivity index (χ3n) is 2.05. The average molecular weight is 306 g/mol. The van der Waals surface area contributed by atoms with Crippen molar-refractivity contribution in [2.75, 3.05) is 0 Å². The number of carboxylic acid groups (broad SMARTS) is 1. The molecule has 0 saturated heterocycles. The van der Waals surface area contributed by atoms with Gasteiger partial charge in [0, 0.05) is 6.04 Å². The number of amides is 1. The molecule has 0 aliphatic carbocycles. The summed E-state index contributed by atoms with van der Waals surface area (Å²) in [4.78, 5) is 22.8. The van der Waals surface area contributed by atoms with E-state index in [1.54, 1.807) is 12.1 Å². The van der Waals surface area contributed by atoms with Crippen LogP contribution >= 0.6 is 27.3 Å². The first-order valence-corrected chi connectivity index (χ1v) is 6.42. The molecule has 1 aromatic rings. The van der Waals surface area contributed by atoms with Crippen molar-refractivity contribution in [1.29, 1.82) is 0 Å². The number of carboxylic acids is 1. The maximum absolute atomic E-state index is 11.7. The van der Waals surface area contributed by atoms with Crippen molar-refractivity contribution >= 4 is 39.1 Å². The first kappa shape index (κ1) is 13.2. The fraction of sp³-hybridized carbons (Fsp3) is 0.400. The fourth-order valence-electron chi connectivity index (χ4n) is 1.20. The summed E-state index contributed by atoms with van der Waals surface area (Å²) in [5.41, 5.74) is 0. The second-order valence-electron chi connectivity index (χ2n) is 3.28. The molecule has 0 bridgehead atoms. The van der Waals surface area contributed by atoms with Crippen molar-refractivity contribution < 1.29 is 14.7 Å². The lowest BCUT2D eigenvalue weighted by Crippen LogP contribution is -2.35. The summed E-state index contributed by atoms with van der Waals surface area (Å²) in [5.74, 6) is -1.12. The van der Waals surface area contributed by atoms with E-state index in [1.807, 2.05) is 6.92 Å². The quantitative estimate of drug-likeness (QED) is 0.878. The van der Waals surface area contributed by atoms with Gasteiger partial charge in [0.05, 0.1) is 15.1 Å². The Morgan fingerprint density at radius 3 is 2.69 bits per heavy atom. The molecule has 2 N–H and O–H groups in total. The molecule has 0 saturated carbocycles. The summed E-state index contributed by atoms with van der Waals surface area (Å²) >= 11 is 4.59. The number of hydrogen-bond donors (Lipinski definition) is 2. The maximum atomic E-state index is 11.7. The van der Waals surface area contributed by atoms with E-state index in [1.165, 1.54) is 11.3 Å². The van der Waals surface area contributed by atoms with Gasteiger partial charge in [0.2, 0.25) is 0 Å². The molecule has 1 aromatic heterocycles. The minimum Gasteiger partial charge on any atom is -0.481 e. The minimum absolute atomic E-state index is 0.0468. The van der Waals surface area contributed by atoms with Crippen molar-refractivity contribution in [3.8, 4) is 0 Å². The Morgan fingerprint density at radius 2 is 2.25 bits per heavy atom. The Balaban J connectivity index is 2.58. The normalized spacial score (nSPS) is 12.1. The third-order valence-corrected chi connectivity index (χ3v) is 3.67. The van der Waals surface area contributed by atoms with E-state index >= 15 is 0 Å². The molecular weight excluding hydrogens is 294 g/mol. The van der Waals surface area contributed by atoms with Crippen molar-refractivity contribution in [3.63, 3.8) is 0 Å². The number of nitrogens with one attached hydrogen (secondary N) is 1. The summed E-state index contributed by atoms with van der Waals surface area (Å²) in [7, 11) is 0. The third kappa shape index (κ3) is 3.94. The summed E-state index contributed by atoms with van der Waals surface area (Å²) in [6.07, 6.45) is 0.555. The highest BCUT2D eigenvalue weighted by Crippen LogP contribution is 2.22. The second kappa shape index (κ2) is 6.00. The summed E-state index contributed by atoms with van der Waals surface area (Å²) < 4.78 is 0.879. The summed E-state index contributed by atoms with van der Waals surface area (Å²) in [6, 6.07) is 3.18. The zero-order valence-corrected chi connectivity index (χ0v) is 11.1. The molecule has 4 nitrogen and oxygen atoms in total. The lowest BCUT2D eigenvalue weighted by atomic mass is 10.1. The zero-order chi connectivity index (χ0) is 12.1. The number of aliphatic carboxylic acids is 1. The van der Waals surface area contributed by atoms with Crippen LogP contribution in [0.1, 0.15) is 29.4 Å². The SMILES string of the molecule is CC[C@@H](CC(=O)O)NC(=O)c1ccc(Br)s1. The standard InChI is InChI=1S/C10H12BrNO3S/c1-2-6(5-9(13)14)12-10(15)7-3-4-8(11)16-7/h3-4,6H,2,5H2,1H3,(H,12,15)(H,13,14)/t6-/m0/s1. The molecule has 16 heavy (non-hydrogen) atoms. The Morgan fingerprint density at radius 1 is 1.56 bits per heavy atom. The average Bonchev–Trinajstić information content (AvgIpc) is 2.63. The molecule has 0 unspecified atom stereocenters. The number of thiophene rings is 1. The van der Waals surface area contributed by atoms with E-state index in [-0.39, 0.29) is 18.4 Å². The Kier molecular flexibility index (Phi) is 4.95. The van der Waals surface area contributed by atoms with E-state index in [2.05, 4.69) is 21.2 Å². The number of carbonyl (C=O) groups is 2. The molecule has 1 rings (SSSR count). The number of hydrogen-bond acceptors (Lipinski definition) is 3. The van der Waals surface area contributed by atoms with Gasteiger partial charge in [0.15, 0.2) is 0 Å². The van der Waals surface area contributed by atoms with Crippen LogP contribution in [-0.4, -0.2) is 23.0 Å². The molecule has 0 spiro atoms. The van der Waals surface area contributed by atoms with Crippen molar-refractivity contribution in [1.82, 2.24) is 5.32 Å². The zero-order valence-electron chi connectivity index (χ0n) is 8.70. The van der Waals surface area contributed by atoms with E-state index in [0.29, 0.717) is 11.3 Å². The predicted molar refractivity (Wildman–Crippen MR) is 65.8 cm³/mol. The molecule has 1 atom stereocenters. The van der Waals surface area contributed by atoms with Gasteiger partial charge in [0.1, 0.15) is 0 Å². The Bertz CT molecular complexity index is 391. The molecule has 88 valence electrons. The first-order valence-electron chi connectivity index (χ1n) is 4.81. The van der Waals surface area contributed by atoms with E-state index in [9.17, 15) is 9.59 Å². The van der Waals surface area contributed by atoms with Gasteiger partial charge in [-0.1, -0.05) is 6.92 Å². The second-order valence-corrected chi connectivity index (χ2v) is 5.74. The molecule has 1 heterocycles. The van der Waals surface area contributed by atoms with Crippen molar-refractivity contribution in [2.45, 2.75) is 25.8 Å². The summed E-state index contributed by atoms with van der Waals surface area (Å²) in [6.45, 7) is 1.85. The van der Waals surface area contributed by atoms with Gasteiger partial charge in [-0.3, -0.25) is 9.59 Å². The Labute approximate surface area is 106 Å². The fourth-order valence-corrected chi connectivity index (χ4v) is 2.49. The van der Waals surface area contributed by atoms with Crippen LogP contribution in [0.2, 0.25) is 0 Å². The van der Waals surface area contributed by atoms with Gasteiger partial charge in [0.25, 0.3) is 5.91 Å². The predicted octanol–water partition coefficient (Wildman–Crippen LogP) is 2.49. The van der Waals surface area contributed by atoms with E-state index in [0.717, 1.165) is 3.79 Å². The van der Waals surface area contributed by atoms with Gasteiger partial charge in [-0.05, 0) is 34.5 Å². The highest BCUT2D eigenvalue weighted by Gasteiger charge is 2.16. The van der Waals surface area contributed by atoms with Crippen LogP contribution < -0.4 is 5.32 Å². The van der Waals surface area contributed by atoms with Crippen LogP contribution in [0.4, 0.5) is 0 Å². The number of rotatable bonds is 5. The van der Waals surface area contributed by atoms with Crippen LogP contribution in [0.3, 0.4) is 0 Å². The molecule has 0 aliphatic rings. The smallest absolute Gasteiger partial charge is 0.305 e. The number of halogens is 1. The molecule has 0 fully saturated rings. The summed E-state index contributed by atoms with van der Waals surface area (Å²) in [5, 5.41) is 11.3. The maximum Gasteiger partial charge on any atom is 0.305 e.